The van der Waals surface area contributed by atoms with Crippen molar-refractivity contribution < 1.29 is 23.0 Å². The molecule has 39 heavy (non-hydrogen) atoms. The van der Waals surface area contributed by atoms with Gasteiger partial charge in [-0.2, -0.15) is 15.1 Å². The monoisotopic (exact) mass is 541 g/mol. The van der Waals surface area contributed by atoms with E-state index in [9.17, 15) is 4.79 Å². The molecule has 5 rings (SSSR count). The molecule has 10 nitrogen and oxygen atoms in total. The predicted octanol–water partition coefficient (Wildman–Crippen LogP) is 2.69. The third kappa shape index (κ3) is 5.18. The van der Waals surface area contributed by atoms with Crippen molar-refractivity contribution in [2.24, 2.45) is 0 Å². The van der Waals surface area contributed by atoms with E-state index < -0.39 is 17.9 Å². The van der Waals surface area contributed by atoms with Crippen LogP contribution in [-0.4, -0.2) is 96.6 Å². The number of aryl methyl sites for hydroxylation is 1. The number of nitrogens with zero attached hydrogens (tertiary/aromatic N) is 6. The van der Waals surface area contributed by atoms with E-state index in [2.05, 4.69) is 27.0 Å². The molecule has 12 heteroatoms. The molecular weight excluding hydrogens is 508 g/mol. The number of amides is 1. The molecule has 0 radical (unpaired) electrons. The molecule has 2 atom stereocenters. The minimum absolute atomic E-state index is 0.133. The maximum absolute atomic E-state index is 15.1. The fourth-order valence-electron chi connectivity index (χ4n) is 5.39. The zero-order chi connectivity index (χ0) is 27.9. The minimum Gasteiger partial charge on any atom is -0.467 e. The number of carbonyl (C=O) groups is 1. The summed E-state index contributed by atoms with van der Waals surface area (Å²) in [5.74, 6) is -3.01. The number of rotatable bonds is 6. The molecule has 2 aromatic heterocycles. The molecule has 2 fully saturated rings. The second kappa shape index (κ2) is 10.5. The molecular formula is C27H33F2N7O3. The number of piperidine rings is 1. The molecule has 1 unspecified atom stereocenters. The molecule has 0 saturated carbocycles. The molecule has 208 valence electrons. The van der Waals surface area contributed by atoms with Crippen LogP contribution < -0.4 is 15.0 Å². The lowest BCUT2D eigenvalue weighted by Gasteiger charge is -2.37. The van der Waals surface area contributed by atoms with Gasteiger partial charge in [0.1, 0.15) is 11.9 Å². The number of aromatic nitrogens is 4. The summed E-state index contributed by atoms with van der Waals surface area (Å²) in [7, 11) is 4.74. The maximum Gasteiger partial charge on any atom is 0.320 e. The van der Waals surface area contributed by atoms with Crippen LogP contribution in [0.5, 0.6) is 6.01 Å². The number of halogens is 2. The van der Waals surface area contributed by atoms with E-state index >= 15 is 8.78 Å². The van der Waals surface area contributed by atoms with Crippen LogP contribution in [0, 0.1) is 6.92 Å². The second-order valence-corrected chi connectivity index (χ2v) is 10.1. The molecule has 2 aliphatic rings. The van der Waals surface area contributed by atoms with Crippen LogP contribution in [-0.2, 0) is 9.53 Å². The Morgan fingerprint density at radius 1 is 1.23 bits per heavy atom. The third-order valence-electron chi connectivity index (χ3n) is 7.50. The van der Waals surface area contributed by atoms with Crippen LogP contribution >= 0.6 is 0 Å². The molecule has 1 N–H and O–H groups in total. The average molecular weight is 542 g/mol. The number of morpholine rings is 1. The van der Waals surface area contributed by atoms with Crippen molar-refractivity contribution in [1.82, 2.24) is 30.0 Å². The quantitative estimate of drug-likeness (QED) is 0.476. The first-order valence-corrected chi connectivity index (χ1v) is 12.9. The molecule has 0 spiro atoms. The van der Waals surface area contributed by atoms with Gasteiger partial charge in [0.15, 0.2) is 5.82 Å². The SMILES string of the molecule is C=C(C(=O)NC)[C@H]1CN(c2cc(-n3ncc4cc(C)c(C5CCN(C)CC5(F)F)cc43)nc(OC)n2)CCO1. The van der Waals surface area contributed by atoms with Crippen molar-refractivity contribution in [2.45, 2.75) is 31.3 Å². The molecule has 0 aliphatic carbocycles. The fourth-order valence-corrected chi connectivity index (χ4v) is 5.39. The van der Waals surface area contributed by atoms with Crippen molar-refractivity contribution >= 4 is 22.6 Å². The topological polar surface area (TPSA) is 97.6 Å². The van der Waals surface area contributed by atoms with Gasteiger partial charge in [0.2, 0.25) is 5.91 Å². The van der Waals surface area contributed by atoms with Crippen molar-refractivity contribution in [3.05, 3.63) is 47.7 Å². The molecule has 4 heterocycles. The second-order valence-electron chi connectivity index (χ2n) is 10.1. The van der Waals surface area contributed by atoms with Crippen LogP contribution in [0.2, 0.25) is 0 Å². The third-order valence-corrected chi connectivity index (χ3v) is 7.50. The number of methoxy groups -OCH3 is 1. The van der Waals surface area contributed by atoms with E-state index in [1.807, 2.05) is 24.0 Å². The van der Waals surface area contributed by atoms with Crippen LogP contribution in [0.15, 0.2) is 36.5 Å². The van der Waals surface area contributed by atoms with E-state index in [4.69, 9.17) is 9.47 Å². The normalized spacial score (nSPS) is 21.6. The van der Waals surface area contributed by atoms with Crippen molar-refractivity contribution in [1.29, 1.82) is 0 Å². The molecule has 2 saturated heterocycles. The number of hydrogen-bond donors (Lipinski definition) is 1. The van der Waals surface area contributed by atoms with Crippen LogP contribution in [0.1, 0.15) is 23.5 Å². The highest BCUT2D eigenvalue weighted by molar-refractivity contribution is 5.93. The van der Waals surface area contributed by atoms with Gasteiger partial charge in [-0.3, -0.25) is 4.79 Å². The Morgan fingerprint density at radius 2 is 2.00 bits per heavy atom. The molecule has 0 bridgehead atoms. The number of ether oxygens (including phenoxy) is 2. The van der Waals surface area contributed by atoms with Gasteiger partial charge >= 0.3 is 6.01 Å². The van der Waals surface area contributed by atoms with Crippen LogP contribution in [0.25, 0.3) is 16.7 Å². The first kappa shape index (κ1) is 26.9. The smallest absolute Gasteiger partial charge is 0.320 e. The lowest BCUT2D eigenvalue weighted by Crippen LogP contribution is -2.45. The van der Waals surface area contributed by atoms with E-state index in [0.29, 0.717) is 61.0 Å². The predicted molar refractivity (Wildman–Crippen MR) is 143 cm³/mol. The Kier molecular flexibility index (Phi) is 7.25. The van der Waals surface area contributed by atoms with Gasteiger partial charge in [-0.15, -0.1) is 0 Å². The number of fused-ring (bicyclic) bond motifs is 1. The van der Waals surface area contributed by atoms with Gasteiger partial charge in [-0.25, -0.2) is 13.5 Å². The summed E-state index contributed by atoms with van der Waals surface area (Å²) in [5.41, 5.74) is 2.43. The summed E-state index contributed by atoms with van der Waals surface area (Å²) in [6.45, 7) is 7.36. The first-order valence-electron chi connectivity index (χ1n) is 12.9. The van der Waals surface area contributed by atoms with Gasteiger partial charge < -0.3 is 24.6 Å². The molecule has 2 aliphatic heterocycles. The standard InChI is InChI=1S/C27H33F2N7O3/c1-16-10-18-13-31-36(21(18)11-19(16)20-6-7-34(4)15-27(20,28)29)24-12-23(32-26(33-24)38-5)35-8-9-39-22(14-35)17(2)25(37)30-3/h10-13,20,22H,2,6-9,14-15H2,1,3-5H3,(H,30,37)/t20?,22-/m1/s1. The highest BCUT2D eigenvalue weighted by Crippen LogP contribution is 2.42. The molecule has 1 aromatic carbocycles. The van der Waals surface area contributed by atoms with E-state index in [0.717, 1.165) is 10.9 Å². The Labute approximate surface area is 225 Å². The lowest BCUT2D eigenvalue weighted by molar-refractivity contribution is -0.118. The molecule has 3 aromatic rings. The Morgan fingerprint density at radius 3 is 2.72 bits per heavy atom. The number of likely N-dealkylation sites (tertiary alicyclic amines) is 1. The Hall–Kier alpha value is -3.64. The number of nitrogens with one attached hydrogen (secondary N) is 1. The fraction of sp³-hybridized carbons (Fsp3) is 0.481. The number of anilines is 1. The van der Waals surface area contributed by atoms with Gasteiger partial charge in [0.25, 0.3) is 5.92 Å². The van der Waals surface area contributed by atoms with Gasteiger partial charge in [0.05, 0.1) is 44.4 Å². The van der Waals surface area contributed by atoms with E-state index in [1.165, 1.54) is 7.11 Å². The van der Waals surface area contributed by atoms with Gasteiger partial charge in [-0.1, -0.05) is 6.58 Å². The summed E-state index contributed by atoms with van der Waals surface area (Å²) >= 11 is 0. The number of likely N-dealkylation sites (N-methyl/N-ethyl adjacent to an activating group) is 1. The van der Waals surface area contributed by atoms with E-state index in [-0.39, 0.29) is 18.5 Å². The van der Waals surface area contributed by atoms with Crippen LogP contribution in [0.3, 0.4) is 0 Å². The van der Waals surface area contributed by atoms with Crippen molar-refractivity contribution in [3.63, 3.8) is 0 Å². The Balaban J connectivity index is 1.52. The average Bonchev–Trinajstić information content (AvgIpc) is 3.33. The largest absolute Gasteiger partial charge is 0.467 e. The van der Waals surface area contributed by atoms with E-state index in [1.54, 1.807) is 35.9 Å². The van der Waals surface area contributed by atoms with Crippen LogP contribution in [0.4, 0.5) is 14.6 Å². The van der Waals surface area contributed by atoms with Crippen molar-refractivity contribution in [2.75, 3.05) is 58.9 Å². The molecule has 1 amide bonds. The number of hydrogen-bond acceptors (Lipinski definition) is 8. The minimum atomic E-state index is -2.84. The zero-order valence-electron chi connectivity index (χ0n) is 22.6. The number of alkyl halides is 2. The summed E-state index contributed by atoms with van der Waals surface area (Å²) in [5, 5.41) is 7.94. The zero-order valence-corrected chi connectivity index (χ0v) is 22.6. The first-order chi connectivity index (χ1) is 18.6. The van der Waals surface area contributed by atoms with Gasteiger partial charge in [0, 0.05) is 30.6 Å². The highest BCUT2D eigenvalue weighted by Gasteiger charge is 2.45. The maximum atomic E-state index is 15.1. The summed E-state index contributed by atoms with van der Waals surface area (Å²) in [4.78, 5) is 24.8. The lowest BCUT2D eigenvalue weighted by atomic mass is 9.83. The summed E-state index contributed by atoms with van der Waals surface area (Å²) < 4.78 is 43.0. The summed E-state index contributed by atoms with van der Waals surface area (Å²) in [6, 6.07) is 5.62. The highest BCUT2D eigenvalue weighted by atomic mass is 19.3. The number of benzene rings is 1. The summed E-state index contributed by atoms with van der Waals surface area (Å²) in [6.07, 6.45) is 1.57. The van der Waals surface area contributed by atoms with Crippen molar-refractivity contribution in [3.8, 4) is 11.8 Å². The Bertz CT molecular complexity index is 1410. The number of carbonyl (C=O) groups excluding carboxylic acids is 1. The van der Waals surface area contributed by atoms with Gasteiger partial charge in [-0.05, 0) is 50.2 Å².